The van der Waals surface area contributed by atoms with E-state index in [1.165, 1.54) is 17.8 Å². The van der Waals surface area contributed by atoms with Gasteiger partial charge in [-0.15, -0.1) is 0 Å². The Labute approximate surface area is 127 Å². The van der Waals surface area contributed by atoms with Crippen LogP contribution in [0, 0.1) is 0 Å². The average Bonchev–Trinajstić information content (AvgIpc) is 2.96. The third-order valence-electron chi connectivity index (χ3n) is 3.10. The lowest BCUT2D eigenvalue weighted by atomic mass is 10.2. The number of hydrogen-bond acceptors (Lipinski definition) is 4. The minimum atomic E-state index is -0.991. The third kappa shape index (κ3) is 3.29. The van der Waals surface area contributed by atoms with Gasteiger partial charge in [-0.1, -0.05) is 30.3 Å². The summed E-state index contributed by atoms with van der Waals surface area (Å²) in [6.07, 6.45) is 4.90. The topological polar surface area (TPSA) is 80.0 Å². The second-order valence-electron chi connectivity index (χ2n) is 4.77. The lowest BCUT2D eigenvalue weighted by Gasteiger charge is -2.03. The molecule has 2 aromatic heterocycles. The lowest BCUT2D eigenvalue weighted by molar-refractivity contribution is 0.0696. The first kappa shape index (κ1) is 13.8. The summed E-state index contributed by atoms with van der Waals surface area (Å²) in [6, 6.07) is 13.2. The number of pyridine rings is 1. The number of benzene rings is 1. The fraction of sp³-hybridized carbons (Fsp3) is 0.0625. The summed E-state index contributed by atoms with van der Waals surface area (Å²) in [5.41, 5.74) is 2.12. The Morgan fingerprint density at radius 1 is 1.14 bits per heavy atom. The predicted octanol–water partition coefficient (Wildman–Crippen LogP) is 2.77. The van der Waals surface area contributed by atoms with Crippen LogP contribution in [-0.2, 0) is 6.54 Å². The first-order valence-electron chi connectivity index (χ1n) is 6.73. The van der Waals surface area contributed by atoms with Crippen molar-refractivity contribution in [1.29, 1.82) is 0 Å². The van der Waals surface area contributed by atoms with E-state index < -0.39 is 5.97 Å². The van der Waals surface area contributed by atoms with Crippen molar-refractivity contribution in [2.24, 2.45) is 0 Å². The van der Waals surface area contributed by atoms with Crippen molar-refractivity contribution < 1.29 is 9.90 Å². The molecular weight excluding hydrogens is 280 g/mol. The molecule has 0 amide bonds. The van der Waals surface area contributed by atoms with Crippen LogP contribution in [0.5, 0.6) is 0 Å². The number of aromatic carboxylic acids is 1. The van der Waals surface area contributed by atoms with Gasteiger partial charge in [0.15, 0.2) is 0 Å². The number of carboxylic acid groups (broad SMARTS) is 1. The van der Waals surface area contributed by atoms with E-state index in [1.54, 1.807) is 12.3 Å². The highest BCUT2D eigenvalue weighted by molar-refractivity contribution is 5.87. The predicted molar refractivity (Wildman–Crippen MR) is 82.3 cm³/mol. The van der Waals surface area contributed by atoms with E-state index in [9.17, 15) is 4.79 Å². The highest BCUT2D eigenvalue weighted by Gasteiger charge is 2.04. The Kier molecular flexibility index (Phi) is 3.82. The molecule has 0 saturated carbocycles. The van der Waals surface area contributed by atoms with Crippen LogP contribution >= 0.6 is 0 Å². The van der Waals surface area contributed by atoms with Crippen LogP contribution in [-0.4, -0.2) is 25.8 Å². The van der Waals surface area contributed by atoms with Crippen LogP contribution in [0.15, 0.2) is 61.1 Å². The zero-order chi connectivity index (χ0) is 15.4. The van der Waals surface area contributed by atoms with Crippen LogP contribution in [0.4, 0.5) is 11.5 Å². The van der Waals surface area contributed by atoms with Gasteiger partial charge in [0.05, 0.1) is 24.0 Å². The van der Waals surface area contributed by atoms with Crippen molar-refractivity contribution in [2.75, 3.05) is 5.32 Å². The van der Waals surface area contributed by atoms with E-state index >= 15 is 0 Å². The van der Waals surface area contributed by atoms with Gasteiger partial charge in [-0.05, 0) is 17.7 Å². The van der Waals surface area contributed by atoms with Gasteiger partial charge in [-0.25, -0.2) is 9.78 Å². The molecule has 0 aliphatic carbocycles. The minimum Gasteiger partial charge on any atom is -0.478 e. The maximum absolute atomic E-state index is 10.8. The van der Waals surface area contributed by atoms with Crippen molar-refractivity contribution in [1.82, 2.24) is 14.8 Å². The van der Waals surface area contributed by atoms with Crippen LogP contribution in [0.3, 0.4) is 0 Å². The Hall–Kier alpha value is -3.15. The van der Waals surface area contributed by atoms with E-state index in [-0.39, 0.29) is 5.56 Å². The number of carbonyl (C=O) groups is 1. The normalized spacial score (nSPS) is 10.4. The van der Waals surface area contributed by atoms with E-state index in [2.05, 4.69) is 15.4 Å². The number of carboxylic acids is 1. The fourth-order valence-electron chi connectivity index (χ4n) is 2.03. The van der Waals surface area contributed by atoms with Gasteiger partial charge in [-0.2, -0.15) is 5.10 Å². The molecule has 0 spiro atoms. The summed E-state index contributed by atoms with van der Waals surface area (Å²) in [4.78, 5) is 14.8. The van der Waals surface area contributed by atoms with Gasteiger partial charge in [0.25, 0.3) is 0 Å². The van der Waals surface area contributed by atoms with Gasteiger partial charge in [0.2, 0.25) is 0 Å². The van der Waals surface area contributed by atoms with Gasteiger partial charge >= 0.3 is 5.97 Å². The first-order valence-corrected chi connectivity index (χ1v) is 6.73. The van der Waals surface area contributed by atoms with Crippen molar-refractivity contribution in [2.45, 2.75) is 6.54 Å². The van der Waals surface area contributed by atoms with Crippen LogP contribution in [0.2, 0.25) is 0 Å². The highest BCUT2D eigenvalue weighted by atomic mass is 16.4. The molecule has 0 unspecified atom stereocenters. The third-order valence-corrected chi connectivity index (χ3v) is 3.10. The molecule has 6 nitrogen and oxygen atoms in total. The molecule has 0 bridgehead atoms. The molecule has 0 aliphatic heterocycles. The van der Waals surface area contributed by atoms with Crippen molar-refractivity contribution in [3.63, 3.8) is 0 Å². The fourth-order valence-corrected chi connectivity index (χ4v) is 2.03. The van der Waals surface area contributed by atoms with Gasteiger partial charge < -0.3 is 10.4 Å². The molecule has 110 valence electrons. The van der Waals surface area contributed by atoms with E-state index in [0.29, 0.717) is 12.4 Å². The molecule has 3 rings (SSSR count). The van der Waals surface area contributed by atoms with Gasteiger partial charge in [-0.3, -0.25) is 4.68 Å². The Morgan fingerprint density at radius 2 is 1.95 bits per heavy atom. The van der Waals surface area contributed by atoms with Crippen molar-refractivity contribution in [3.8, 4) is 0 Å². The minimum absolute atomic E-state index is 0.158. The first-order chi connectivity index (χ1) is 10.7. The largest absolute Gasteiger partial charge is 0.478 e. The molecule has 2 N–H and O–H groups in total. The molecule has 6 heteroatoms. The smallest absolute Gasteiger partial charge is 0.337 e. The molecular formula is C16H14N4O2. The quantitative estimate of drug-likeness (QED) is 0.756. The highest BCUT2D eigenvalue weighted by Crippen LogP contribution is 2.14. The Balaban J connectivity index is 1.67. The molecule has 22 heavy (non-hydrogen) atoms. The summed E-state index contributed by atoms with van der Waals surface area (Å²) >= 11 is 0. The van der Waals surface area contributed by atoms with E-state index in [4.69, 9.17) is 5.11 Å². The van der Waals surface area contributed by atoms with E-state index in [0.717, 1.165) is 5.69 Å². The molecule has 0 saturated heterocycles. The molecule has 0 aliphatic rings. The van der Waals surface area contributed by atoms with Gasteiger partial charge in [0.1, 0.15) is 5.82 Å². The monoisotopic (exact) mass is 294 g/mol. The number of nitrogens with one attached hydrogen (secondary N) is 1. The average molecular weight is 294 g/mol. The number of rotatable bonds is 5. The molecule has 3 aromatic rings. The number of hydrogen-bond donors (Lipinski definition) is 2. The molecule has 1 aromatic carbocycles. The number of nitrogens with zero attached hydrogens (tertiary/aromatic N) is 3. The Morgan fingerprint density at radius 3 is 2.64 bits per heavy atom. The zero-order valence-corrected chi connectivity index (χ0v) is 11.7. The van der Waals surface area contributed by atoms with E-state index in [1.807, 2.05) is 41.2 Å². The maximum Gasteiger partial charge on any atom is 0.337 e. The lowest BCUT2D eigenvalue weighted by Crippen LogP contribution is -2.00. The summed E-state index contributed by atoms with van der Waals surface area (Å²) in [5.74, 6) is -0.418. The van der Waals surface area contributed by atoms with Crippen LogP contribution < -0.4 is 5.32 Å². The summed E-state index contributed by atoms with van der Waals surface area (Å²) in [5, 5.41) is 16.2. The van der Waals surface area contributed by atoms with Crippen LogP contribution in [0.25, 0.3) is 0 Å². The van der Waals surface area contributed by atoms with Gasteiger partial charge in [0, 0.05) is 12.4 Å². The Bertz CT molecular complexity index is 766. The second kappa shape index (κ2) is 6.09. The molecule has 0 fully saturated rings. The van der Waals surface area contributed by atoms with Crippen molar-refractivity contribution in [3.05, 3.63) is 72.2 Å². The van der Waals surface area contributed by atoms with Crippen LogP contribution in [0.1, 0.15) is 15.9 Å². The SMILES string of the molecule is O=C(O)c1ccc(Nc2cnn(Cc3ccccc3)c2)nc1. The summed E-state index contributed by atoms with van der Waals surface area (Å²) < 4.78 is 1.82. The second-order valence-corrected chi connectivity index (χ2v) is 4.77. The maximum atomic E-state index is 10.8. The number of aromatic nitrogens is 3. The van der Waals surface area contributed by atoms with Crippen molar-refractivity contribution >= 4 is 17.5 Å². The summed E-state index contributed by atoms with van der Waals surface area (Å²) in [7, 11) is 0. The molecule has 2 heterocycles. The zero-order valence-electron chi connectivity index (χ0n) is 11.7. The number of anilines is 2. The summed E-state index contributed by atoms with van der Waals surface area (Å²) in [6.45, 7) is 0.688. The molecule has 0 atom stereocenters. The molecule has 0 radical (unpaired) electrons. The standard InChI is InChI=1S/C16H14N4O2/c21-16(22)13-6-7-15(17-8-13)19-14-9-18-20(11-14)10-12-4-2-1-3-5-12/h1-9,11H,10H2,(H,17,19)(H,21,22).